The Morgan fingerprint density at radius 2 is 2.15 bits per heavy atom. The first-order valence-electron chi connectivity index (χ1n) is 6.02. The Hall–Kier alpha value is -1.95. The van der Waals surface area contributed by atoms with Crippen molar-refractivity contribution < 1.29 is 19.4 Å². The Morgan fingerprint density at radius 1 is 1.45 bits per heavy atom. The van der Waals surface area contributed by atoms with Gasteiger partial charge in [-0.15, -0.1) is 0 Å². The minimum Gasteiger partial charge on any atom is -0.495 e. The van der Waals surface area contributed by atoms with Crippen LogP contribution < -0.4 is 15.4 Å². The van der Waals surface area contributed by atoms with E-state index in [1.807, 2.05) is 0 Å². The molecule has 110 valence electrons. The number of carboxylic acid groups (broad SMARTS) is 1. The highest BCUT2D eigenvalue weighted by molar-refractivity contribution is 6.32. The van der Waals surface area contributed by atoms with Crippen LogP contribution in [0.25, 0.3) is 0 Å². The number of carbonyl (C=O) groups is 2. The van der Waals surface area contributed by atoms with E-state index < -0.39 is 12.0 Å². The number of amides is 2. The van der Waals surface area contributed by atoms with Crippen LogP contribution in [0.15, 0.2) is 18.2 Å². The summed E-state index contributed by atoms with van der Waals surface area (Å²) < 4.78 is 5.04. The molecule has 1 aromatic rings. The Balaban J connectivity index is 2.48. The topological polar surface area (TPSA) is 87.7 Å². The molecule has 0 aliphatic rings. The van der Waals surface area contributed by atoms with Gasteiger partial charge >= 0.3 is 12.0 Å². The van der Waals surface area contributed by atoms with Gasteiger partial charge in [0.05, 0.1) is 12.1 Å². The maximum absolute atomic E-state index is 11.6. The van der Waals surface area contributed by atoms with Gasteiger partial charge in [-0.05, 0) is 18.1 Å². The molecule has 7 heteroatoms. The average Bonchev–Trinajstić information content (AvgIpc) is 2.38. The summed E-state index contributed by atoms with van der Waals surface area (Å²) in [5.41, 5.74) is 0.537. The number of hydrogen-bond acceptors (Lipinski definition) is 3. The largest absolute Gasteiger partial charge is 0.495 e. The predicted molar refractivity (Wildman–Crippen MR) is 76.4 cm³/mol. The van der Waals surface area contributed by atoms with Gasteiger partial charge in [-0.25, -0.2) is 4.79 Å². The Morgan fingerprint density at radius 3 is 2.75 bits per heavy atom. The fourth-order valence-corrected chi connectivity index (χ4v) is 1.74. The summed E-state index contributed by atoms with van der Waals surface area (Å²) in [5, 5.41) is 14.3. The van der Waals surface area contributed by atoms with Crippen LogP contribution in [0.2, 0.25) is 5.02 Å². The van der Waals surface area contributed by atoms with Crippen molar-refractivity contribution >= 4 is 29.3 Å². The lowest BCUT2D eigenvalue weighted by Gasteiger charge is -2.12. The first-order valence-corrected chi connectivity index (χ1v) is 6.40. The minimum absolute atomic E-state index is 0.00898. The summed E-state index contributed by atoms with van der Waals surface area (Å²) in [6.45, 7) is 2.03. The van der Waals surface area contributed by atoms with Crippen molar-refractivity contribution in [3.63, 3.8) is 0 Å². The third kappa shape index (κ3) is 5.36. The van der Waals surface area contributed by atoms with E-state index in [0.29, 0.717) is 16.5 Å². The van der Waals surface area contributed by atoms with Crippen LogP contribution in [0, 0.1) is 5.92 Å². The lowest BCUT2D eigenvalue weighted by atomic mass is 10.1. The number of carbonyl (C=O) groups excluding carboxylic acids is 1. The van der Waals surface area contributed by atoms with E-state index in [4.69, 9.17) is 21.4 Å². The number of urea groups is 1. The van der Waals surface area contributed by atoms with Gasteiger partial charge < -0.3 is 20.5 Å². The highest BCUT2D eigenvalue weighted by Crippen LogP contribution is 2.27. The Kier molecular flexibility index (Phi) is 6.11. The predicted octanol–water partition coefficient (Wildman–Crippen LogP) is 2.58. The number of carboxylic acids is 1. The van der Waals surface area contributed by atoms with Gasteiger partial charge in [0.2, 0.25) is 0 Å². The summed E-state index contributed by atoms with van der Waals surface area (Å²) in [6.07, 6.45) is 0.00898. The maximum Gasteiger partial charge on any atom is 0.319 e. The van der Waals surface area contributed by atoms with Gasteiger partial charge in [0, 0.05) is 24.7 Å². The normalized spacial score (nSPS) is 11.6. The molecule has 0 aliphatic heterocycles. The van der Waals surface area contributed by atoms with Gasteiger partial charge in [-0.3, -0.25) is 4.79 Å². The minimum atomic E-state index is -0.887. The Bertz CT molecular complexity index is 493. The van der Waals surface area contributed by atoms with Crippen molar-refractivity contribution in [2.45, 2.75) is 13.3 Å². The molecule has 0 spiro atoms. The smallest absolute Gasteiger partial charge is 0.319 e. The van der Waals surface area contributed by atoms with Gasteiger partial charge in [0.1, 0.15) is 5.75 Å². The highest BCUT2D eigenvalue weighted by Gasteiger charge is 2.10. The van der Waals surface area contributed by atoms with Crippen molar-refractivity contribution in [2.24, 2.45) is 5.92 Å². The number of nitrogens with one attached hydrogen (secondary N) is 2. The van der Waals surface area contributed by atoms with Crippen LogP contribution in [0.4, 0.5) is 10.5 Å². The molecule has 0 fully saturated rings. The van der Waals surface area contributed by atoms with E-state index >= 15 is 0 Å². The molecule has 0 saturated carbocycles. The molecule has 6 nitrogen and oxygen atoms in total. The molecular formula is C13H17ClN2O4. The number of methoxy groups -OCH3 is 1. The fourth-order valence-electron chi connectivity index (χ4n) is 1.55. The molecule has 0 heterocycles. The molecule has 0 bridgehead atoms. The molecule has 2 amide bonds. The summed E-state index contributed by atoms with van der Waals surface area (Å²) in [7, 11) is 1.48. The standard InChI is InChI=1S/C13H17ClN2O4/c1-8(5-12(17)18)7-15-13(19)16-9-3-4-10(14)11(6-9)20-2/h3-4,6,8H,5,7H2,1-2H3,(H,17,18)(H2,15,16,19). The van der Waals surface area contributed by atoms with Gasteiger partial charge in [0.15, 0.2) is 0 Å². The van der Waals surface area contributed by atoms with Crippen LogP contribution in [0.5, 0.6) is 5.75 Å². The zero-order chi connectivity index (χ0) is 15.1. The number of rotatable bonds is 6. The number of anilines is 1. The molecule has 0 aromatic heterocycles. The monoisotopic (exact) mass is 300 g/mol. The van der Waals surface area contributed by atoms with E-state index in [1.54, 1.807) is 25.1 Å². The van der Waals surface area contributed by atoms with Crippen LogP contribution >= 0.6 is 11.6 Å². The maximum atomic E-state index is 11.6. The molecule has 1 aromatic carbocycles. The Labute approximate surface area is 122 Å². The average molecular weight is 301 g/mol. The van der Waals surface area contributed by atoms with Crippen LogP contribution in [-0.2, 0) is 4.79 Å². The summed E-state index contributed by atoms with van der Waals surface area (Å²) >= 11 is 5.88. The van der Waals surface area contributed by atoms with E-state index in [9.17, 15) is 9.59 Å². The van der Waals surface area contributed by atoms with E-state index in [1.165, 1.54) is 7.11 Å². The number of hydrogen-bond donors (Lipinski definition) is 3. The number of halogens is 1. The van der Waals surface area contributed by atoms with Crippen molar-refractivity contribution in [1.82, 2.24) is 5.32 Å². The molecule has 1 unspecified atom stereocenters. The van der Waals surface area contributed by atoms with E-state index in [2.05, 4.69) is 10.6 Å². The fraction of sp³-hybridized carbons (Fsp3) is 0.385. The van der Waals surface area contributed by atoms with E-state index in [0.717, 1.165) is 0 Å². The molecule has 0 aliphatic carbocycles. The first-order chi connectivity index (χ1) is 9.42. The summed E-state index contributed by atoms with van der Waals surface area (Å²) in [5.74, 6) is -0.566. The molecule has 3 N–H and O–H groups in total. The molecular weight excluding hydrogens is 284 g/mol. The SMILES string of the molecule is COc1cc(NC(=O)NCC(C)CC(=O)O)ccc1Cl. The summed E-state index contributed by atoms with van der Waals surface area (Å²) in [6, 6.07) is 4.45. The van der Waals surface area contributed by atoms with Crippen LogP contribution in [0.3, 0.4) is 0 Å². The van der Waals surface area contributed by atoms with Crippen molar-refractivity contribution in [1.29, 1.82) is 0 Å². The van der Waals surface area contributed by atoms with Gasteiger partial charge in [-0.1, -0.05) is 18.5 Å². The third-order valence-electron chi connectivity index (χ3n) is 2.54. The lowest BCUT2D eigenvalue weighted by molar-refractivity contribution is -0.137. The van der Waals surface area contributed by atoms with Crippen molar-refractivity contribution in [2.75, 3.05) is 19.0 Å². The second-order valence-electron chi connectivity index (χ2n) is 4.39. The second kappa shape index (κ2) is 7.59. The molecule has 1 rings (SSSR count). The quantitative estimate of drug-likeness (QED) is 0.753. The van der Waals surface area contributed by atoms with Crippen LogP contribution in [0.1, 0.15) is 13.3 Å². The van der Waals surface area contributed by atoms with Crippen molar-refractivity contribution in [3.8, 4) is 5.75 Å². The van der Waals surface area contributed by atoms with Gasteiger partial charge in [0.25, 0.3) is 0 Å². The second-order valence-corrected chi connectivity index (χ2v) is 4.79. The summed E-state index contributed by atoms with van der Waals surface area (Å²) in [4.78, 5) is 22.1. The zero-order valence-electron chi connectivity index (χ0n) is 11.3. The number of benzene rings is 1. The number of ether oxygens (including phenoxy) is 1. The zero-order valence-corrected chi connectivity index (χ0v) is 12.0. The molecule has 0 radical (unpaired) electrons. The first kappa shape index (κ1) is 16.1. The lowest BCUT2D eigenvalue weighted by Crippen LogP contribution is -2.32. The van der Waals surface area contributed by atoms with E-state index in [-0.39, 0.29) is 18.9 Å². The molecule has 0 saturated heterocycles. The number of aliphatic carboxylic acids is 1. The third-order valence-corrected chi connectivity index (χ3v) is 2.86. The molecule has 20 heavy (non-hydrogen) atoms. The highest BCUT2D eigenvalue weighted by atomic mass is 35.5. The van der Waals surface area contributed by atoms with Crippen LogP contribution in [-0.4, -0.2) is 30.8 Å². The molecule has 1 atom stereocenters. The van der Waals surface area contributed by atoms with Crippen molar-refractivity contribution in [3.05, 3.63) is 23.2 Å². The van der Waals surface area contributed by atoms with Gasteiger partial charge in [-0.2, -0.15) is 0 Å².